The Morgan fingerprint density at radius 1 is 1.48 bits per heavy atom. The number of hydrogen-bond donors (Lipinski definition) is 2. The van der Waals surface area contributed by atoms with E-state index >= 15 is 0 Å². The summed E-state index contributed by atoms with van der Waals surface area (Å²) >= 11 is 5.63. The van der Waals surface area contributed by atoms with Gasteiger partial charge in [0.25, 0.3) is 0 Å². The van der Waals surface area contributed by atoms with E-state index in [1.54, 1.807) is 17.8 Å². The first-order valence-electron chi connectivity index (χ1n) is 5.90. The first kappa shape index (κ1) is 15.9. The second-order valence-electron chi connectivity index (χ2n) is 4.32. The Bertz CT molecular complexity index is 761. The van der Waals surface area contributed by atoms with Crippen LogP contribution in [-0.4, -0.2) is 23.1 Å². The minimum atomic E-state index is -3.94. The van der Waals surface area contributed by atoms with E-state index in [9.17, 15) is 12.8 Å². The summed E-state index contributed by atoms with van der Waals surface area (Å²) < 4.78 is 41.8. The Kier molecular flexibility index (Phi) is 4.62. The van der Waals surface area contributed by atoms with Crippen molar-refractivity contribution < 1.29 is 17.9 Å². The molecule has 0 saturated heterocycles. The number of aryl methyl sites for hydroxylation is 1. The van der Waals surface area contributed by atoms with Gasteiger partial charge in [-0.05, 0) is 12.1 Å². The molecule has 0 unspecified atom stereocenters. The number of sulfonamides is 1. The number of imidazole rings is 1. The first-order chi connectivity index (χ1) is 9.85. The number of rotatable bonds is 5. The van der Waals surface area contributed by atoms with Crippen LogP contribution in [0.4, 0.5) is 4.39 Å². The molecule has 0 radical (unpaired) electrons. The second-order valence-corrected chi connectivity index (χ2v) is 6.46. The topological polar surface area (TPSA) is 84.2 Å². The Balaban J connectivity index is 2.27. The van der Waals surface area contributed by atoms with E-state index in [1.807, 2.05) is 0 Å². The van der Waals surface area contributed by atoms with Crippen molar-refractivity contribution >= 4 is 21.6 Å². The predicted molar refractivity (Wildman–Crippen MR) is 74.6 cm³/mol. The minimum absolute atomic E-state index is 0.00836. The van der Waals surface area contributed by atoms with E-state index in [-0.39, 0.29) is 22.0 Å². The molecule has 6 nitrogen and oxygen atoms in total. The van der Waals surface area contributed by atoms with Gasteiger partial charge >= 0.3 is 0 Å². The van der Waals surface area contributed by atoms with Gasteiger partial charge in [0.2, 0.25) is 10.0 Å². The van der Waals surface area contributed by atoms with Gasteiger partial charge < -0.3 is 9.67 Å². The number of halogens is 2. The summed E-state index contributed by atoms with van der Waals surface area (Å²) in [7, 11) is -2.21. The maximum absolute atomic E-state index is 13.6. The molecule has 2 rings (SSSR count). The van der Waals surface area contributed by atoms with Crippen LogP contribution in [0, 0.1) is 5.82 Å². The summed E-state index contributed by atoms with van der Waals surface area (Å²) in [6.07, 6.45) is 3.21. The monoisotopic (exact) mass is 333 g/mol. The zero-order valence-corrected chi connectivity index (χ0v) is 12.6. The van der Waals surface area contributed by atoms with Crippen molar-refractivity contribution in [3.8, 4) is 0 Å². The molecule has 0 fully saturated rings. The van der Waals surface area contributed by atoms with Gasteiger partial charge in [0.15, 0.2) is 0 Å². The normalized spacial score (nSPS) is 11.8. The molecule has 0 aliphatic carbocycles. The third-order valence-corrected chi connectivity index (χ3v) is 4.70. The summed E-state index contributed by atoms with van der Waals surface area (Å²) in [5.41, 5.74) is 0.00836. The van der Waals surface area contributed by atoms with Crippen LogP contribution in [0.3, 0.4) is 0 Å². The van der Waals surface area contributed by atoms with Crippen LogP contribution in [-0.2, 0) is 30.2 Å². The molecule has 9 heteroatoms. The van der Waals surface area contributed by atoms with Crippen LogP contribution in [0.5, 0.6) is 0 Å². The molecule has 1 heterocycles. The molecule has 0 aliphatic rings. The SMILES string of the molecule is Cn1ccnc1CNS(=O)(=O)c1cc(F)c(Cl)c(CO)c1. The maximum atomic E-state index is 13.6. The van der Waals surface area contributed by atoms with Crippen molar-refractivity contribution in [2.45, 2.75) is 18.0 Å². The van der Waals surface area contributed by atoms with Crippen molar-refractivity contribution in [1.29, 1.82) is 0 Å². The highest BCUT2D eigenvalue weighted by molar-refractivity contribution is 7.89. The van der Waals surface area contributed by atoms with Crippen molar-refractivity contribution in [1.82, 2.24) is 14.3 Å². The Morgan fingerprint density at radius 2 is 2.19 bits per heavy atom. The molecular weight excluding hydrogens is 321 g/mol. The average molecular weight is 334 g/mol. The van der Waals surface area contributed by atoms with E-state index in [2.05, 4.69) is 9.71 Å². The summed E-state index contributed by atoms with van der Waals surface area (Å²) in [6.45, 7) is -0.594. The molecule has 0 spiro atoms. The highest BCUT2D eigenvalue weighted by atomic mass is 35.5. The van der Waals surface area contributed by atoms with Crippen molar-refractivity contribution in [3.63, 3.8) is 0 Å². The van der Waals surface area contributed by atoms with E-state index in [1.165, 1.54) is 6.20 Å². The minimum Gasteiger partial charge on any atom is -0.392 e. The molecular formula is C12H13ClFN3O3S. The Hall–Kier alpha value is -1.48. The number of aliphatic hydroxyl groups is 1. The van der Waals surface area contributed by atoms with E-state index < -0.39 is 22.4 Å². The fourth-order valence-electron chi connectivity index (χ4n) is 1.70. The molecule has 2 aromatic rings. The zero-order chi connectivity index (χ0) is 15.6. The first-order valence-corrected chi connectivity index (χ1v) is 7.76. The third-order valence-electron chi connectivity index (χ3n) is 2.90. The summed E-state index contributed by atoms with van der Waals surface area (Å²) in [5, 5.41) is 8.78. The van der Waals surface area contributed by atoms with Crippen LogP contribution in [0.25, 0.3) is 0 Å². The molecule has 1 aromatic heterocycles. The molecule has 1 aromatic carbocycles. The molecule has 0 aliphatic heterocycles. The highest BCUT2D eigenvalue weighted by Gasteiger charge is 2.19. The molecule has 114 valence electrons. The standard InChI is InChI=1S/C12H13ClFN3O3S/c1-17-3-2-15-11(17)6-16-21(19,20)9-4-8(7-18)12(13)10(14)5-9/h2-5,16,18H,6-7H2,1H3. The van der Waals surface area contributed by atoms with Crippen LogP contribution in [0.2, 0.25) is 5.02 Å². The number of hydrogen-bond acceptors (Lipinski definition) is 4. The van der Waals surface area contributed by atoms with Gasteiger partial charge in [0.05, 0.1) is 23.1 Å². The molecule has 2 N–H and O–H groups in total. The molecule has 0 atom stereocenters. The summed E-state index contributed by atoms with van der Waals surface area (Å²) in [4.78, 5) is 3.68. The van der Waals surface area contributed by atoms with E-state index in [4.69, 9.17) is 16.7 Å². The number of aromatic nitrogens is 2. The zero-order valence-electron chi connectivity index (χ0n) is 11.0. The fraction of sp³-hybridized carbons (Fsp3) is 0.250. The lowest BCUT2D eigenvalue weighted by Gasteiger charge is -2.09. The second kappa shape index (κ2) is 6.10. The fourth-order valence-corrected chi connectivity index (χ4v) is 2.91. The molecule has 0 saturated carbocycles. The van der Waals surface area contributed by atoms with Gasteiger partial charge in [-0.2, -0.15) is 0 Å². The van der Waals surface area contributed by atoms with Crippen molar-refractivity contribution in [2.75, 3.05) is 0 Å². The Labute approximate surface area is 126 Å². The molecule has 21 heavy (non-hydrogen) atoms. The van der Waals surface area contributed by atoms with Gasteiger partial charge in [-0.3, -0.25) is 0 Å². The lowest BCUT2D eigenvalue weighted by atomic mass is 10.2. The van der Waals surface area contributed by atoms with Crippen LogP contribution < -0.4 is 4.72 Å². The van der Waals surface area contributed by atoms with Crippen LogP contribution in [0.15, 0.2) is 29.4 Å². The third kappa shape index (κ3) is 3.41. The average Bonchev–Trinajstić information content (AvgIpc) is 2.85. The largest absolute Gasteiger partial charge is 0.392 e. The maximum Gasteiger partial charge on any atom is 0.241 e. The van der Waals surface area contributed by atoms with Crippen molar-refractivity contribution in [3.05, 3.63) is 46.8 Å². The number of nitrogens with one attached hydrogen (secondary N) is 1. The lowest BCUT2D eigenvalue weighted by molar-refractivity contribution is 0.281. The van der Waals surface area contributed by atoms with E-state index in [0.717, 1.165) is 12.1 Å². The quantitative estimate of drug-likeness (QED) is 0.860. The number of benzene rings is 1. The predicted octanol–water partition coefficient (Wildman–Crippen LogP) is 1.18. The van der Waals surface area contributed by atoms with E-state index in [0.29, 0.717) is 5.82 Å². The van der Waals surface area contributed by atoms with Crippen LogP contribution >= 0.6 is 11.6 Å². The van der Waals surface area contributed by atoms with Gasteiger partial charge in [0, 0.05) is 25.0 Å². The van der Waals surface area contributed by atoms with Gasteiger partial charge in [-0.15, -0.1) is 0 Å². The lowest BCUT2D eigenvalue weighted by Crippen LogP contribution is -2.25. The van der Waals surface area contributed by atoms with Gasteiger partial charge in [-0.1, -0.05) is 11.6 Å². The number of aliphatic hydroxyl groups excluding tert-OH is 1. The molecule has 0 bridgehead atoms. The number of nitrogens with zero attached hydrogens (tertiary/aromatic N) is 2. The summed E-state index contributed by atoms with van der Waals surface area (Å²) in [6, 6.07) is 1.94. The van der Waals surface area contributed by atoms with Gasteiger partial charge in [0.1, 0.15) is 11.6 Å². The van der Waals surface area contributed by atoms with Crippen molar-refractivity contribution in [2.24, 2.45) is 7.05 Å². The molecule has 0 amide bonds. The summed E-state index contributed by atoms with van der Waals surface area (Å²) in [5.74, 6) is -0.393. The van der Waals surface area contributed by atoms with Crippen LogP contribution in [0.1, 0.15) is 11.4 Å². The Morgan fingerprint density at radius 3 is 2.76 bits per heavy atom. The highest BCUT2D eigenvalue weighted by Crippen LogP contribution is 2.24. The smallest absolute Gasteiger partial charge is 0.241 e. The van der Waals surface area contributed by atoms with Gasteiger partial charge in [-0.25, -0.2) is 22.5 Å².